The summed E-state index contributed by atoms with van der Waals surface area (Å²) in [7, 11) is 0. The van der Waals surface area contributed by atoms with E-state index in [9.17, 15) is 9.18 Å². The van der Waals surface area contributed by atoms with Crippen molar-refractivity contribution in [2.75, 3.05) is 6.54 Å². The van der Waals surface area contributed by atoms with Crippen LogP contribution in [0.2, 0.25) is 5.02 Å². The Labute approximate surface area is 117 Å². The van der Waals surface area contributed by atoms with Gasteiger partial charge in [-0.15, -0.1) is 0 Å². The van der Waals surface area contributed by atoms with Crippen LogP contribution in [0.3, 0.4) is 0 Å². The molecule has 3 nitrogen and oxygen atoms in total. The number of amides is 1. The lowest BCUT2D eigenvalue weighted by Gasteiger charge is -2.09. The lowest BCUT2D eigenvalue weighted by molar-refractivity contribution is -0.120. The number of hydrogen-bond donors (Lipinski definition) is 2. The normalized spacial score (nSPS) is 20.1. The van der Waals surface area contributed by atoms with Crippen LogP contribution in [0.5, 0.6) is 0 Å². The first-order chi connectivity index (χ1) is 8.90. The maximum absolute atomic E-state index is 13.6. The lowest BCUT2D eigenvalue weighted by Crippen LogP contribution is -2.35. The Morgan fingerprint density at radius 1 is 1.53 bits per heavy atom. The molecule has 1 aliphatic rings. The highest BCUT2D eigenvalue weighted by Gasteiger charge is 2.45. The molecule has 1 fully saturated rings. The van der Waals surface area contributed by atoms with Crippen molar-refractivity contribution in [1.82, 2.24) is 10.6 Å². The molecule has 1 unspecified atom stereocenters. The Bertz CT molecular complexity index is 490. The Balaban J connectivity index is 1.76. The molecule has 104 valence electrons. The van der Waals surface area contributed by atoms with E-state index in [1.165, 1.54) is 6.07 Å². The Morgan fingerprint density at radius 3 is 2.84 bits per heavy atom. The Hall–Kier alpha value is -1.13. The molecule has 0 aliphatic heterocycles. The van der Waals surface area contributed by atoms with E-state index in [4.69, 9.17) is 11.6 Å². The lowest BCUT2D eigenvalue weighted by atomic mass is 10.2. The zero-order valence-electron chi connectivity index (χ0n) is 11.1. The highest BCUT2D eigenvalue weighted by atomic mass is 35.5. The topological polar surface area (TPSA) is 41.1 Å². The number of carbonyl (C=O) groups excluding carboxylic acids is 1. The average molecular weight is 285 g/mol. The van der Waals surface area contributed by atoms with Crippen LogP contribution in [-0.2, 0) is 11.3 Å². The van der Waals surface area contributed by atoms with Gasteiger partial charge in [-0.2, -0.15) is 0 Å². The van der Waals surface area contributed by atoms with Gasteiger partial charge in [0.2, 0.25) is 5.91 Å². The zero-order valence-corrected chi connectivity index (χ0v) is 11.9. The van der Waals surface area contributed by atoms with Gasteiger partial charge in [0.15, 0.2) is 0 Å². The van der Waals surface area contributed by atoms with Crippen LogP contribution in [0.15, 0.2) is 18.2 Å². The van der Waals surface area contributed by atoms with Crippen LogP contribution >= 0.6 is 11.6 Å². The van der Waals surface area contributed by atoms with E-state index < -0.39 is 5.82 Å². The second-order valence-electron chi connectivity index (χ2n) is 5.62. The quantitative estimate of drug-likeness (QED) is 0.872. The molecule has 1 aromatic rings. The van der Waals surface area contributed by atoms with Gasteiger partial charge >= 0.3 is 0 Å². The third-order valence-corrected chi connectivity index (χ3v) is 3.82. The molecule has 0 heterocycles. The van der Waals surface area contributed by atoms with E-state index >= 15 is 0 Å². The minimum absolute atomic E-state index is 0.0737. The SMILES string of the molecule is CC1(C)CC1NCC(=O)NCc1cccc(Cl)c1F. The Morgan fingerprint density at radius 2 is 2.21 bits per heavy atom. The third kappa shape index (κ3) is 3.67. The number of benzene rings is 1. The molecule has 0 saturated heterocycles. The molecular formula is C14H18ClFN2O. The molecule has 2 rings (SSSR count). The van der Waals surface area contributed by atoms with Crippen molar-refractivity contribution in [2.45, 2.75) is 32.9 Å². The molecule has 1 saturated carbocycles. The zero-order chi connectivity index (χ0) is 14.0. The van der Waals surface area contributed by atoms with Gasteiger partial charge in [0.25, 0.3) is 0 Å². The molecule has 0 bridgehead atoms. The summed E-state index contributed by atoms with van der Waals surface area (Å²) in [5, 5.41) is 5.93. The van der Waals surface area contributed by atoms with Gasteiger partial charge in [0, 0.05) is 18.2 Å². The molecule has 5 heteroatoms. The summed E-state index contributed by atoms with van der Waals surface area (Å²) in [5.41, 5.74) is 0.687. The molecule has 1 aromatic carbocycles. The largest absolute Gasteiger partial charge is 0.351 e. The van der Waals surface area contributed by atoms with Crippen LogP contribution < -0.4 is 10.6 Å². The Kier molecular flexibility index (Phi) is 4.11. The maximum Gasteiger partial charge on any atom is 0.234 e. The fraction of sp³-hybridized carbons (Fsp3) is 0.500. The highest BCUT2D eigenvalue weighted by molar-refractivity contribution is 6.30. The summed E-state index contributed by atoms with van der Waals surface area (Å²) < 4.78 is 13.6. The summed E-state index contributed by atoms with van der Waals surface area (Å²) in [6.07, 6.45) is 1.09. The smallest absolute Gasteiger partial charge is 0.234 e. The van der Waals surface area contributed by atoms with Gasteiger partial charge in [0.05, 0.1) is 11.6 Å². The van der Waals surface area contributed by atoms with Crippen LogP contribution in [0.4, 0.5) is 4.39 Å². The van der Waals surface area contributed by atoms with Gasteiger partial charge < -0.3 is 10.6 Å². The molecule has 0 radical (unpaired) electrons. The van der Waals surface area contributed by atoms with Crippen LogP contribution in [0.1, 0.15) is 25.8 Å². The standard InChI is InChI=1S/C14H18ClFN2O/c1-14(2)6-11(14)17-8-12(19)18-7-9-4-3-5-10(15)13(9)16/h3-5,11,17H,6-8H2,1-2H3,(H,18,19). The van der Waals surface area contributed by atoms with Crippen LogP contribution in [0, 0.1) is 11.2 Å². The molecule has 0 aromatic heterocycles. The predicted molar refractivity (Wildman–Crippen MR) is 73.4 cm³/mol. The number of halogens is 2. The highest BCUT2D eigenvalue weighted by Crippen LogP contribution is 2.44. The van der Waals surface area contributed by atoms with E-state index in [2.05, 4.69) is 24.5 Å². The fourth-order valence-corrected chi connectivity index (χ4v) is 2.17. The van der Waals surface area contributed by atoms with Crippen molar-refractivity contribution in [3.8, 4) is 0 Å². The monoisotopic (exact) mass is 284 g/mol. The van der Waals surface area contributed by atoms with E-state index in [0.29, 0.717) is 17.0 Å². The van der Waals surface area contributed by atoms with E-state index in [-0.39, 0.29) is 24.0 Å². The minimum Gasteiger partial charge on any atom is -0.351 e. The predicted octanol–water partition coefficient (Wildman–Crippen LogP) is 2.48. The van der Waals surface area contributed by atoms with Crippen molar-refractivity contribution < 1.29 is 9.18 Å². The maximum atomic E-state index is 13.6. The number of rotatable bonds is 5. The van der Waals surface area contributed by atoms with E-state index in [1.807, 2.05) is 0 Å². The van der Waals surface area contributed by atoms with E-state index in [0.717, 1.165) is 6.42 Å². The second-order valence-corrected chi connectivity index (χ2v) is 6.02. The van der Waals surface area contributed by atoms with Crippen molar-refractivity contribution in [3.63, 3.8) is 0 Å². The molecule has 1 aliphatic carbocycles. The van der Waals surface area contributed by atoms with Crippen molar-refractivity contribution in [3.05, 3.63) is 34.6 Å². The van der Waals surface area contributed by atoms with Gasteiger partial charge in [0.1, 0.15) is 5.82 Å². The first kappa shape index (κ1) is 14.3. The van der Waals surface area contributed by atoms with Gasteiger partial charge in [-0.05, 0) is 17.9 Å². The molecule has 2 N–H and O–H groups in total. The van der Waals surface area contributed by atoms with E-state index in [1.54, 1.807) is 12.1 Å². The van der Waals surface area contributed by atoms with Gasteiger partial charge in [-0.1, -0.05) is 37.6 Å². The number of nitrogens with one attached hydrogen (secondary N) is 2. The summed E-state index contributed by atoms with van der Waals surface area (Å²) in [6.45, 7) is 4.73. The summed E-state index contributed by atoms with van der Waals surface area (Å²) in [6, 6.07) is 5.16. The van der Waals surface area contributed by atoms with Crippen LogP contribution in [0.25, 0.3) is 0 Å². The summed E-state index contributed by atoms with van der Waals surface area (Å²) >= 11 is 5.67. The summed E-state index contributed by atoms with van der Waals surface area (Å²) in [4.78, 5) is 11.6. The van der Waals surface area contributed by atoms with Crippen molar-refractivity contribution in [2.24, 2.45) is 5.41 Å². The molecular weight excluding hydrogens is 267 g/mol. The average Bonchev–Trinajstić information content (AvgIpc) is 2.96. The minimum atomic E-state index is -0.472. The first-order valence-electron chi connectivity index (χ1n) is 6.33. The first-order valence-corrected chi connectivity index (χ1v) is 6.71. The van der Waals surface area contributed by atoms with Gasteiger partial charge in [-0.3, -0.25) is 4.79 Å². The molecule has 19 heavy (non-hydrogen) atoms. The molecule has 0 spiro atoms. The van der Waals surface area contributed by atoms with Gasteiger partial charge in [-0.25, -0.2) is 4.39 Å². The number of hydrogen-bond acceptors (Lipinski definition) is 2. The van der Waals surface area contributed by atoms with Crippen LogP contribution in [-0.4, -0.2) is 18.5 Å². The van der Waals surface area contributed by atoms with Crippen molar-refractivity contribution in [1.29, 1.82) is 0 Å². The third-order valence-electron chi connectivity index (χ3n) is 3.53. The molecule has 1 amide bonds. The number of carbonyl (C=O) groups is 1. The second kappa shape index (κ2) is 5.47. The summed E-state index contributed by atoms with van der Waals surface area (Å²) in [5.74, 6) is -0.608. The fourth-order valence-electron chi connectivity index (χ4n) is 1.97. The molecule has 1 atom stereocenters. The van der Waals surface area contributed by atoms with Crippen molar-refractivity contribution >= 4 is 17.5 Å².